The van der Waals surface area contributed by atoms with Gasteiger partial charge in [-0.05, 0) is 23.8 Å². The third kappa shape index (κ3) is 2.20. The maximum absolute atomic E-state index is 9.68. The summed E-state index contributed by atoms with van der Waals surface area (Å²) in [5.74, 6) is 0.428. The second-order valence-corrected chi connectivity index (χ2v) is 4.16. The van der Waals surface area contributed by atoms with Gasteiger partial charge in [-0.2, -0.15) is 0 Å². The molecule has 1 saturated carbocycles. The first-order chi connectivity index (χ1) is 7.24. The lowest BCUT2D eigenvalue weighted by Gasteiger charge is -2.15. The van der Waals surface area contributed by atoms with Crippen molar-refractivity contribution in [2.75, 3.05) is 6.61 Å². The average Bonchev–Trinajstić information content (AvgIpc) is 3.08. The van der Waals surface area contributed by atoms with Gasteiger partial charge in [0.05, 0.1) is 12.7 Å². The first-order valence-electron chi connectivity index (χ1n) is 5.26. The van der Waals surface area contributed by atoms with E-state index in [1.807, 2.05) is 30.3 Å². The minimum Gasteiger partial charge on any atom is -0.394 e. The standard InChI is InChI=1S/C12H16O3/c13-7-11(14)12(15)10-6-9(10)8-4-2-1-3-5-8/h1-5,9-15H,6-7H2/t9-,10+,11-,12-/m1/s1. The van der Waals surface area contributed by atoms with E-state index in [1.165, 1.54) is 5.56 Å². The van der Waals surface area contributed by atoms with Gasteiger partial charge in [0.15, 0.2) is 0 Å². The van der Waals surface area contributed by atoms with Crippen LogP contribution in [-0.2, 0) is 0 Å². The predicted octanol–water partition coefficient (Wildman–Crippen LogP) is 0.504. The Morgan fingerprint density at radius 2 is 1.87 bits per heavy atom. The van der Waals surface area contributed by atoms with Crippen molar-refractivity contribution in [2.45, 2.75) is 24.5 Å². The van der Waals surface area contributed by atoms with E-state index in [-0.39, 0.29) is 12.5 Å². The van der Waals surface area contributed by atoms with E-state index in [2.05, 4.69) is 0 Å². The smallest absolute Gasteiger partial charge is 0.103 e. The van der Waals surface area contributed by atoms with E-state index in [9.17, 15) is 10.2 Å². The molecule has 1 aromatic rings. The van der Waals surface area contributed by atoms with Crippen LogP contribution in [0.15, 0.2) is 30.3 Å². The van der Waals surface area contributed by atoms with Crippen LogP contribution < -0.4 is 0 Å². The number of rotatable bonds is 4. The summed E-state index contributed by atoms with van der Waals surface area (Å²) in [6, 6.07) is 9.96. The zero-order valence-corrected chi connectivity index (χ0v) is 8.45. The molecule has 15 heavy (non-hydrogen) atoms. The Labute approximate surface area is 89.0 Å². The van der Waals surface area contributed by atoms with E-state index in [4.69, 9.17) is 5.11 Å². The van der Waals surface area contributed by atoms with Crippen molar-refractivity contribution < 1.29 is 15.3 Å². The quantitative estimate of drug-likeness (QED) is 0.675. The average molecular weight is 208 g/mol. The maximum atomic E-state index is 9.68. The van der Waals surface area contributed by atoms with Crippen LogP contribution in [0.2, 0.25) is 0 Å². The van der Waals surface area contributed by atoms with Crippen molar-refractivity contribution in [2.24, 2.45) is 5.92 Å². The van der Waals surface area contributed by atoms with Crippen LogP contribution in [0.5, 0.6) is 0 Å². The highest BCUT2D eigenvalue weighted by molar-refractivity contribution is 5.26. The normalized spacial score (nSPS) is 28.5. The van der Waals surface area contributed by atoms with Crippen molar-refractivity contribution in [3.05, 3.63) is 35.9 Å². The second-order valence-electron chi connectivity index (χ2n) is 4.16. The molecule has 0 unspecified atom stereocenters. The first-order valence-corrected chi connectivity index (χ1v) is 5.26. The fraction of sp³-hybridized carbons (Fsp3) is 0.500. The molecule has 82 valence electrons. The van der Waals surface area contributed by atoms with Gasteiger partial charge < -0.3 is 15.3 Å². The molecule has 0 aromatic heterocycles. The van der Waals surface area contributed by atoms with E-state index in [0.717, 1.165) is 6.42 Å². The number of aliphatic hydroxyl groups is 3. The number of hydrogen-bond acceptors (Lipinski definition) is 3. The Bertz CT molecular complexity index is 312. The highest BCUT2D eigenvalue weighted by Crippen LogP contribution is 2.49. The fourth-order valence-electron chi connectivity index (χ4n) is 2.07. The van der Waals surface area contributed by atoms with Gasteiger partial charge in [0.2, 0.25) is 0 Å². The van der Waals surface area contributed by atoms with Crippen LogP contribution in [-0.4, -0.2) is 34.1 Å². The molecule has 2 rings (SSSR count). The summed E-state index contributed by atoms with van der Waals surface area (Å²) in [6.07, 6.45) is -0.925. The van der Waals surface area contributed by atoms with Crippen LogP contribution in [0.25, 0.3) is 0 Å². The van der Waals surface area contributed by atoms with Crippen molar-refractivity contribution in [1.82, 2.24) is 0 Å². The molecule has 1 aliphatic rings. The van der Waals surface area contributed by atoms with Gasteiger partial charge in [-0.15, -0.1) is 0 Å². The number of hydrogen-bond donors (Lipinski definition) is 3. The summed E-state index contributed by atoms with van der Waals surface area (Å²) in [5, 5.41) is 27.7. The Morgan fingerprint density at radius 1 is 1.20 bits per heavy atom. The molecule has 4 atom stereocenters. The van der Waals surface area contributed by atoms with Gasteiger partial charge in [0.1, 0.15) is 6.10 Å². The van der Waals surface area contributed by atoms with Gasteiger partial charge in [-0.25, -0.2) is 0 Å². The van der Waals surface area contributed by atoms with Gasteiger partial charge in [-0.1, -0.05) is 30.3 Å². The number of aliphatic hydroxyl groups excluding tert-OH is 3. The third-order valence-corrected chi connectivity index (χ3v) is 3.09. The molecule has 3 heteroatoms. The molecule has 1 aromatic carbocycles. The molecule has 3 N–H and O–H groups in total. The molecule has 0 amide bonds. The lowest BCUT2D eigenvalue weighted by Crippen LogP contribution is -2.31. The van der Waals surface area contributed by atoms with Crippen LogP contribution in [0.3, 0.4) is 0 Å². The Morgan fingerprint density at radius 3 is 2.47 bits per heavy atom. The van der Waals surface area contributed by atoms with E-state index < -0.39 is 12.2 Å². The monoisotopic (exact) mass is 208 g/mol. The topological polar surface area (TPSA) is 60.7 Å². The summed E-state index contributed by atoms with van der Waals surface area (Å²) >= 11 is 0. The van der Waals surface area contributed by atoms with Gasteiger partial charge in [0, 0.05) is 0 Å². The molecule has 0 saturated heterocycles. The summed E-state index contributed by atoms with van der Waals surface area (Å²) in [7, 11) is 0. The molecule has 1 fully saturated rings. The van der Waals surface area contributed by atoms with Gasteiger partial charge in [-0.3, -0.25) is 0 Å². The zero-order valence-electron chi connectivity index (χ0n) is 8.45. The lowest BCUT2D eigenvalue weighted by atomic mass is 10.0. The minimum atomic E-state index is -1.01. The molecular formula is C12H16O3. The van der Waals surface area contributed by atoms with Crippen molar-refractivity contribution in [1.29, 1.82) is 0 Å². The van der Waals surface area contributed by atoms with Gasteiger partial charge >= 0.3 is 0 Å². The largest absolute Gasteiger partial charge is 0.394 e. The summed E-state index contributed by atoms with van der Waals surface area (Å²) < 4.78 is 0. The van der Waals surface area contributed by atoms with Crippen LogP contribution in [0, 0.1) is 5.92 Å². The van der Waals surface area contributed by atoms with E-state index in [0.29, 0.717) is 5.92 Å². The number of benzene rings is 1. The van der Waals surface area contributed by atoms with Crippen molar-refractivity contribution in [3.8, 4) is 0 Å². The minimum absolute atomic E-state index is 0.0922. The van der Waals surface area contributed by atoms with Crippen LogP contribution in [0.4, 0.5) is 0 Å². The Kier molecular flexibility index (Phi) is 3.05. The summed E-state index contributed by atoms with van der Waals surface area (Å²) in [5.41, 5.74) is 1.20. The summed E-state index contributed by atoms with van der Waals surface area (Å²) in [6.45, 7) is -0.376. The highest BCUT2D eigenvalue weighted by atomic mass is 16.4. The van der Waals surface area contributed by atoms with E-state index >= 15 is 0 Å². The Hall–Kier alpha value is -0.900. The lowest BCUT2D eigenvalue weighted by molar-refractivity contribution is -0.0253. The predicted molar refractivity (Wildman–Crippen MR) is 56.4 cm³/mol. The van der Waals surface area contributed by atoms with Crippen molar-refractivity contribution >= 4 is 0 Å². The van der Waals surface area contributed by atoms with Crippen LogP contribution in [0.1, 0.15) is 17.9 Å². The summed E-state index contributed by atoms with van der Waals surface area (Å²) in [4.78, 5) is 0. The molecule has 3 nitrogen and oxygen atoms in total. The second kappa shape index (κ2) is 4.31. The first kappa shape index (κ1) is 10.6. The highest BCUT2D eigenvalue weighted by Gasteiger charge is 2.45. The molecule has 0 heterocycles. The Balaban J connectivity index is 1.96. The van der Waals surface area contributed by atoms with Crippen LogP contribution >= 0.6 is 0 Å². The van der Waals surface area contributed by atoms with Gasteiger partial charge in [0.25, 0.3) is 0 Å². The third-order valence-electron chi connectivity index (χ3n) is 3.09. The molecule has 0 aliphatic heterocycles. The fourth-order valence-corrected chi connectivity index (χ4v) is 2.07. The maximum Gasteiger partial charge on any atom is 0.103 e. The molecule has 1 aliphatic carbocycles. The van der Waals surface area contributed by atoms with Crippen molar-refractivity contribution in [3.63, 3.8) is 0 Å². The molecular weight excluding hydrogens is 192 g/mol. The SMILES string of the molecule is OC[C@@H](O)[C@H](O)[C@H]1C[C@@H]1c1ccccc1. The molecule has 0 radical (unpaired) electrons. The van der Waals surface area contributed by atoms with E-state index in [1.54, 1.807) is 0 Å². The molecule has 0 spiro atoms. The zero-order chi connectivity index (χ0) is 10.8. The molecule has 0 bridgehead atoms.